The maximum atomic E-state index is 12.8. The minimum absolute atomic E-state index is 0.167. The van der Waals surface area contributed by atoms with E-state index in [0.29, 0.717) is 0 Å². The Balaban J connectivity index is 2.15. The average molecular weight is 289 g/mol. The van der Waals surface area contributed by atoms with Gasteiger partial charge in [-0.15, -0.1) is 0 Å². The Morgan fingerprint density at radius 2 is 2.14 bits per heavy atom. The van der Waals surface area contributed by atoms with Crippen LogP contribution in [0.25, 0.3) is 0 Å². The Kier molecular flexibility index (Phi) is 5.37. The van der Waals surface area contributed by atoms with Crippen molar-refractivity contribution in [1.29, 1.82) is 0 Å². The first-order valence-electron chi connectivity index (χ1n) is 7.82. The highest BCUT2D eigenvalue weighted by molar-refractivity contribution is 5.96. The topological polar surface area (TPSA) is 44.4 Å². The number of anilines is 1. The molecule has 4 nitrogen and oxygen atoms in total. The van der Waals surface area contributed by atoms with Gasteiger partial charge >= 0.3 is 0 Å². The molecule has 1 aromatic carbocycles. The fourth-order valence-corrected chi connectivity index (χ4v) is 3.12. The summed E-state index contributed by atoms with van der Waals surface area (Å²) in [4.78, 5) is 14.9. The van der Waals surface area contributed by atoms with Crippen molar-refractivity contribution >= 4 is 11.6 Å². The lowest BCUT2D eigenvalue weighted by Gasteiger charge is -2.27. The number of benzene rings is 1. The van der Waals surface area contributed by atoms with Crippen molar-refractivity contribution in [2.75, 3.05) is 32.5 Å². The predicted octanol–water partition coefficient (Wildman–Crippen LogP) is 2.47. The minimum Gasteiger partial charge on any atom is -0.325 e. The van der Waals surface area contributed by atoms with Gasteiger partial charge in [0, 0.05) is 18.8 Å². The van der Waals surface area contributed by atoms with Crippen LogP contribution < -0.4 is 10.6 Å². The zero-order valence-corrected chi connectivity index (χ0v) is 13.4. The molecule has 1 heterocycles. The van der Waals surface area contributed by atoms with Gasteiger partial charge in [0.15, 0.2) is 0 Å². The fraction of sp³-hybridized carbons (Fsp3) is 0.588. The zero-order valence-electron chi connectivity index (χ0n) is 13.4. The number of hydrogen-bond acceptors (Lipinski definition) is 3. The molecule has 116 valence electrons. The van der Waals surface area contributed by atoms with Crippen LogP contribution in [0.3, 0.4) is 0 Å². The summed E-state index contributed by atoms with van der Waals surface area (Å²) in [7, 11) is 4.08. The van der Waals surface area contributed by atoms with Gasteiger partial charge in [-0.25, -0.2) is 0 Å². The summed E-state index contributed by atoms with van der Waals surface area (Å²) in [6.45, 7) is 4.71. The molecule has 0 saturated carbocycles. The molecule has 0 radical (unpaired) electrons. The maximum absolute atomic E-state index is 12.8. The van der Waals surface area contributed by atoms with E-state index in [4.69, 9.17) is 0 Å². The number of hydrogen-bond donors (Lipinski definition) is 2. The third-order valence-electron chi connectivity index (χ3n) is 4.21. The summed E-state index contributed by atoms with van der Waals surface area (Å²) in [5.41, 5.74) is 1.87. The van der Waals surface area contributed by atoms with Crippen LogP contribution in [-0.4, -0.2) is 38.0 Å². The number of amides is 1. The first-order valence-corrected chi connectivity index (χ1v) is 7.82. The third kappa shape index (κ3) is 3.83. The predicted molar refractivity (Wildman–Crippen MR) is 87.3 cm³/mol. The Morgan fingerprint density at radius 1 is 1.38 bits per heavy atom. The van der Waals surface area contributed by atoms with E-state index in [0.717, 1.165) is 50.1 Å². The number of nitrogens with one attached hydrogen (secondary N) is 2. The van der Waals surface area contributed by atoms with Gasteiger partial charge in [0.1, 0.15) is 0 Å². The van der Waals surface area contributed by atoms with Crippen molar-refractivity contribution in [2.24, 2.45) is 5.41 Å². The lowest BCUT2D eigenvalue weighted by molar-refractivity contribution is -0.125. The van der Waals surface area contributed by atoms with E-state index in [1.54, 1.807) is 0 Å². The summed E-state index contributed by atoms with van der Waals surface area (Å²) < 4.78 is 0. The van der Waals surface area contributed by atoms with E-state index in [1.807, 2.05) is 32.3 Å². The molecule has 1 aliphatic heterocycles. The zero-order chi connectivity index (χ0) is 15.3. The van der Waals surface area contributed by atoms with Gasteiger partial charge in [-0.3, -0.25) is 4.79 Å². The summed E-state index contributed by atoms with van der Waals surface area (Å²) >= 11 is 0. The van der Waals surface area contributed by atoms with Gasteiger partial charge in [0.25, 0.3) is 0 Å². The Morgan fingerprint density at radius 3 is 2.76 bits per heavy atom. The van der Waals surface area contributed by atoms with E-state index in [2.05, 4.69) is 28.5 Å². The standard InChI is InChI=1S/C17H27N3O/c1-4-9-17(10-11-18-13-17)16(21)19-15-8-6-5-7-14(15)12-20(2)3/h5-8,18H,4,9-13H2,1-3H3,(H,19,21). The van der Waals surface area contributed by atoms with Crippen LogP contribution in [0.4, 0.5) is 5.69 Å². The summed E-state index contributed by atoms with van der Waals surface area (Å²) in [5.74, 6) is 0.167. The second-order valence-electron chi connectivity index (χ2n) is 6.31. The second kappa shape index (κ2) is 7.05. The van der Waals surface area contributed by atoms with E-state index < -0.39 is 0 Å². The number of rotatable bonds is 6. The number of carbonyl (C=O) groups excluding carboxylic acids is 1. The highest BCUT2D eigenvalue weighted by Crippen LogP contribution is 2.33. The first kappa shape index (κ1) is 16.0. The molecule has 1 saturated heterocycles. The van der Waals surface area contributed by atoms with Crippen molar-refractivity contribution in [1.82, 2.24) is 10.2 Å². The molecule has 1 amide bonds. The molecule has 1 unspecified atom stereocenters. The molecular formula is C17H27N3O. The molecule has 1 fully saturated rings. The van der Waals surface area contributed by atoms with Gasteiger partial charge in [0.05, 0.1) is 5.41 Å². The van der Waals surface area contributed by atoms with Gasteiger partial charge in [0.2, 0.25) is 5.91 Å². The lowest BCUT2D eigenvalue weighted by Crippen LogP contribution is -2.38. The molecule has 1 aliphatic rings. The Labute approximate surface area is 127 Å². The molecule has 21 heavy (non-hydrogen) atoms. The molecule has 0 spiro atoms. The molecule has 4 heteroatoms. The van der Waals surface area contributed by atoms with Gasteiger partial charge in [-0.1, -0.05) is 31.5 Å². The normalized spacial score (nSPS) is 21.7. The highest BCUT2D eigenvalue weighted by Gasteiger charge is 2.40. The van der Waals surface area contributed by atoms with Crippen molar-refractivity contribution < 1.29 is 4.79 Å². The van der Waals surface area contributed by atoms with E-state index in [-0.39, 0.29) is 11.3 Å². The quantitative estimate of drug-likeness (QED) is 0.845. The Bertz CT molecular complexity index is 479. The summed E-state index contributed by atoms with van der Waals surface area (Å²) in [5, 5.41) is 6.52. The summed E-state index contributed by atoms with van der Waals surface area (Å²) in [6, 6.07) is 8.08. The third-order valence-corrected chi connectivity index (χ3v) is 4.21. The second-order valence-corrected chi connectivity index (χ2v) is 6.31. The van der Waals surface area contributed by atoms with Crippen LogP contribution in [0.15, 0.2) is 24.3 Å². The SMILES string of the molecule is CCCC1(C(=O)Nc2ccccc2CN(C)C)CCNC1. The highest BCUT2D eigenvalue weighted by atomic mass is 16.2. The van der Waals surface area contributed by atoms with Crippen molar-refractivity contribution in [3.63, 3.8) is 0 Å². The van der Waals surface area contributed by atoms with E-state index in [9.17, 15) is 4.79 Å². The Hall–Kier alpha value is -1.39. The maximum Gasteiger partial charge on any atom is 0.231 e. The molecule has 0 aromatic heterocycles. The molecule has 2 rings (SSSR count). The van der Waals surface area contributed by atoms with E-state index in [1.165, 1.54) is 0 Å². The molecule has 2 N–H and O–H groups in total. The largest absolute Gasteiger partial charge is 0.325 e. The van der Waals surface area contributed by atoms with Gasteiger partial charge < -0.3 is 15.5 Å². The minimum atomic E-state index is -0.236. The van der Waals surface area contributed by atoms with Crippen LogP contribution in [0.5, 0.6) is 0 Å². The summed E-state index contributed by atoms with van der Waals surface area (Å²) in [6.07, 6.45) is 2.92. The van der Waals surface area contributed by atoms with Crippen molar-refractivity contribution in [3.05, 3.63) is 29.8 Å². The molecule has 1 atom stereocenters. The van der Waals surface area contributed by atoms with Gasteiger partial charge in [-0.05, 0) is 45.1 Å². The fourth-order valence-electron chi connectivity index (χ4n) is 3.12. The van der Waals surface area contributed by atoms with Crippen LogP contribution in [0.1, 0.15) is 31.7 Å². The number of carbonyl (C=O) groups is 1. The van der Waals surface area contributed by atoms with Crippen molar-refractivity contribution in [2.45, 2.75) is 32.7 Å². The van der Waals surface area contributed by atoms with Crippen LogP contribution in [0, 0.1) is 5.41 Å². The van der Waals surface area contributed by atoms with Crippen LogP contribution in [0.2, 0.25) is 0 Å². The van der Waals surface area contributed by atoms with Gasteiger partial charge in [-0.2, -0.15) is 0 Å². The van der Waals surface area contributed by atoms with E-state index >= 15 is 0 Å². The van der Waals surface area contributed by atoms with Crippen molar-refractivity contribution in [3.8, 4) is 0 Å². The number of nitrogens with zero attached hydrogens (tertiary/aromatic N) is 1. The monoisotopic (exact) mass is 289 g/mol. The number of para-hydroxylation sites is 1. The smallest absolute Gasteiger partial charge is 0.231 e. The molecule has 0 aliphatic carbocycles. The molecule has 1 aromatic rings. The molecule has 0 bridgehead atoms. The van der Waals surface area contributed by atoms with Crippen LogP contribution in [-0.2, 0) is 11.3 Å². The molecular weight excluding hydrogens is 262 g/mol. The average Bonchev–Trinajstić information content (AvgIpc) is 2.91. The first-order chi connectivity index (χ1) is 10.1. The van der Waals surface area contributed by atoms with Crippen LogP contribution >= 0.6 is 0 Å². The lowest BCUT2D eigenvalue weighted by atomic mass is 9.81.